The fraction of sp³-hybridized carbons (Fsp3) is 0.529. The van der Waals surface area contributed by atoms with Crippen molar-refractivity contribution in [2.75, 3.05) is 13.1 Å². The summed E-state index contributed by atoms with van der Waals surface area (Å²) in [6.07, 6.45) is 2.72. The predicted octanol–water partition coefficient (Wildman–Crippen LogP) is 2.41. The van der Waals surface area contributed by atoms with Gasteiger partial charge in [-0.15, -0.1) is 0 Å². The Hall–Kier alpha value is -1.77. The average molecular weight is 364 g/mol. The van der Waals surface area contributed by atoms with Crippen LogP contribution in [0.15, 0.2) is 27.6 Å². The summed E-state index contributed by atoms with van der Waals surface area (Å²) >= 11 is 0. The first kappa shape index (κ1) is 18.0. The van der Waals surface area contributed by atoms with Crippen LogP contribution in [0.4, 0.5) is 0 Å². The molecule has 1 saturated carbocycles. The van der Waals surface area contributed by atoms with Crippen LogP contribution in [0.2, 0.25) is 0 Å². The van der Waals surface area contributed by atoms with Crippen LogP contribution in [-0.2, 0) is 15.6 Å². The highest BCUT2D eigenvalue weighted by molar-refractivity contribution is 7.89. The van der Waals surface area contributed by atoms with Gasteiger partial charge in [-0.05, 0) is 43.9 Å². The van der Waals surface area contributed by atoms with Crippen molar-refractivity contribution in [3.05, 3.63) is 29.6 Å². The van der Waals surface area contributed by atoms with Crippen LogP contribution in [0.1, 0.15) is 44.5 Å². The number of aromatic nitrogens is 2. The SMILES string of the molecule is CCN(CC)S(=O)(=O)c1ccc(C)c(-c2nc(C3(N)CCC3)no2)c1. The summed E-state index contributed by atoms with van der Waals surface area (Å²) in [5.74, 6) is 0.797. The molecule has 1 heterocycles. The van der Waals surface area contributed by atoms with Gasteiger partial charge in [0.1, 0.15) is 0 Å². The molecule has 0 spiro atoms. The Morgan fingerprint density at radius 3 is 2.52 bits per heavy atom. The maximum atomic E-state index is 12.7. The summed E-state index contributed by atoms with van der Waals surface area (Å²) in [5.41, 5.74) is 7.22. The molecule has 136 valence electrons. The summed E-state index contributed by atoms with van der Waals surface area (Å²) in [5, 5.41) is 4.02. The van der Waals surface area contributed by atoms with E-state index in [2.05, 4.69) is 10.1 Å². The zero-order valence-corrected chi connectivity index (χ0v) is 15.6. The van der Waals surface area contributed by atoms with E-state index in [1.54, 1.807) is 18.2 Å². The third-order valence-corrected chi connectivity index (χ3v) is 6.95. The van der Waals surface area contributed by atoms with Gasteiger partial charge in [0.25, 0.3) is 5.89 Å². The van der Waals surface area contributed by atoms with Crippen molar-refractivity contribution < 1.29 is 12.9 Å². The van der Waals surface area contributed by atoms with Crippen molar-refractivity contribution >= 4 is 10.0 Å². The molecule has 25 heavy (non-hydrogen) atoms. The van der Waals surface area contributed by atoms with Gasteiger partial charge in [-0.3, -0.25) is 0 Å². The molecule has 1 aliphatic carbocycles. The molecule has 1 aromatic carbocycles. The molecule has 0 atom stereocenters. The second-order valence-corrected chi connectivity index (χ2v) is 8.44. The monoisotopic (exact) mass is 364 g/mol. The molecule has 0 radical (unpaired) electrons. The summed E-state index contributed by atoms with van der Waals surface area (Å²) in [7, 11) is -3.54. The first-order valence-corrected chi connectivity index (χ1v) is 10.00. The van der Waals surface area contributed by atoms with E-state index in [9.17, 15) is 8.42 Å². The van der Waals surface area contributed by atoms with E-state index in [4.69, 9.17) is 10.3 Å². The molecular weight excluding hydrogens is 340 g/mol. The van der Waals surface area contributed by atoms with E-state index in [0.29, 0.717) is 30.4 Å². The number of sulfonamides is 1. The van der Waals surface area contributed by atoms with Gasteiger partial charge in [0.2, 0.25) is 10.0 Å². The lowest BCUT2D eigenvalue weighted by atomic mass is 9.77. The van der Waals surface area contributed by atoms with Gasteiger partial charge >= 0.3 is 0 Å². The van der Waals surface area contributed by atoms with E-state index >= 15 is 0 Å². The molecule has 0 bridgehead atoms. The van der Waals surface area contributed by atoms with Gasteiger partial charge in [-0.25, -0.2) is 8.42 Å². The number of rotatable bonds is 6. The highest BCUT2D eigenvalue weighted by Gasteiger charge is 2.39. The van der Waals surface area contributed by atoms with Crippen molar-refractivity contribution in [2.45, 2.75) is 50.5 Å². The first-order chi connectivity index (χ1) is 11.8. The lowest BCUT2D eigenvalue weighted by Gasteiger charge is -2.34. The Morgan fingerprint density at radius 1 is 1.28 bits per heavy atom. The fourth-order valence-corrected chi connectivity index (χ4v) is 4.51. The summed E-state index contributed by atoms with van der Waals surface area (Å²) in [6.45, 7) is 6.36. The minimum Gasteiger partial charge on any atom is -0.334 e. The quantitative estimate of drug-likeness (QED) is 0.844. The number of hydrogen-bond acceptors (Lipinski definition) is 6. The van der Waals surface area contributed by atoms with Crippen LogP contribution in [0.25, 0.3) is 11.5 Å². The molecule has 7 nitrogen and oxygen atoms in total. The van der Waals surface area contributed by atoms with Crippen LogP contribution in [0.3, 0.4) is 0 Å². The number of benzene rings is 1. The highest BCUT2D eigenvalue weighted by atomic mass is 32.2. The molecule has 3 rings (SSSR count). The molecule has 0 aliphatic heterocycles. The lowest BCUT2D eigenvalue weighted by molar-refractivity contribution is 0.229. The van der Waals surface area contributed by atoms with E-state index in [1.165, 1.54) is 4.31 Å². The van der Waals surface area contributed by atoms with Gasteiger partial charge in [0, 0.05) is 18.7 Å². The number of nitrogens with two attached hydrogens (primary N) is 1. The van der Waals surface area contributed by atoms with Crippen molar-refractivity contribution in [3.8, 4) is 11.5 Å². The van der Waals surface area contributed by atoms with Gasteiger partial charge in [0.15, 0.2) is 5.82 Å². The minimum absolute atomic E-state index is 0.225. The Labute approximate surface area is 148 Å². The molecule has 8 heteroatoms. The molecule has 2 N–H and O–H groups in total. The highest BCUT2D eigenvalue weighted by Crippen LogP contribution is 2.38. The van der Waals surface area contributed by atoms with Crippen LogP contribution in [0, 0.1) is 6.92 Å². The van der Waals surface area contributed by atoms with Crippen molar-refractivity contribution in [2.24, 2.45) is 5.73 Å². The van der Waals surface area contributed by atoms with E-state index in [0.717, 1.165) is 24.8 Å². The molecule has 1 aromatic heterocycles. The zero-order valence-electron chi connectivity index (χ0n) is 14.8. The summed E-state index contributed by atoms with van der Waals surface area (Å²) in [4.78, 5) is 4.66. The van der Waals surface area contributed by atoms with Crippen LogP contribution in [0.5, 0.6) is 0 Å². The number of aryl methyl sites for hydroxylation is 1. The number of nitrogens with zero attached hydrogens (tertiary/aromatic N) is 3. The van der Waals surface area contributed by atoms with Crippen molar-refractivity contribution in [1.82, 2.24) is 14.4 Å². The largest absolute Gasteiger partial charge is 0.334 e. The van der Waals surface area contributed by atoms with Crippen LogP contribution >= 0.6 is 0 Å². The van der Waals surface area contributed by atoms with E-state index in [1.807, 2.05) is 20.8 Å². The van der Waals surface area contributed by atoms with Gasteiger partial charge in [-0.2, -0.15) is 9.29 Å². The molecule has 0 amide bonds. The maximum Gasteiger partial charge on any atom is 0.258 e. The molecular formula is C17H24N4O3S. The number of hydrogen-bond donors (Lipinski definition) is 1. The molecule has 0 saturated heterocycles. The molecule has 1 aliphatic rings. The average Bonchev–Trinajstić information content (AvgIpc) is 3.03. The smallest absolute Gasteiger partial charge is 0.258 e. The van der Waals surface area contributed by atoms with Crippen LogP contribution < -0.4 is 5.73 Å². The van der Waals surface area contributed by atoms with E-state index in [-0.39, 0.29) is 4.90 Å². The Morgan fingerprint density at radius 2 is 1.96 bits per heavy atom. The standard InChI is InChI=1S/C17H24N4O3S/c1-4-21(5-2)25(22,23)13-8-7-12(3)14(11-13)15-19-16(20-24-15)17(18)9-6-10-17/h7-8,11H,4-6,9-10,18H2,1-3H3. The normalized spacial score (nSPS) is 16.8. The fourth-order valence-electron chi connectivity index (χ4n) is 3.02. The van der Waals surface area contributed by atoms with Gasteiger partial charge in [-0.1, -0.05) is 25.1 Å². The van der Waals surface area contributed by atoms with Gasteiger partial charge in [0.05, 0.1) is 10.4 Å². The Balaban J connectivity index is 2.01. The molecule has 0 unspecified atom stereocenters. The zero-order chi connectivity index (χ0) is 18.2. The third kappa shape index (κ3) is 3.09. The van der Waals surface area contributed by atoms with Crippen molar-refractivity contribution in [1.29, 1.82) is 0 Å². The maximum absolute atomic E-state index is 12.7. The van der Waals surface area contributed by atoms with E-state index < -0.39 is 15.6 Å². The topological polar surface area (TPSA) is 102 Å². The minimum atomic E-state index is -3.54. The van der Waals surface area contributed by atoms with Crippen LogP contribution in [-0.4, -0.2) is 36.0 Å². The third-order valence-electron chi connectivity index (χ3n) is 4.90. The summed E-state index contributed by atoms with van der Waals surface area (Å²) in [6, 6.07) is 4.97. The second kappa shape index (κ2) is 6.51. The lowest BCUT2D eigenvalue weighted by Crippen LogP contribution is -2.44. The predicted molar refractivity (Wildman–Crippen MR) is 94.3 cm³/mol. The molecule has 1 fully saturated rings. The van der Waals surface area contributed by atoms with Crippen molar-refractivity contribution in [3.63, 3.8) is 0 Å². The Bertz CT molecular complexity index is 868. The molecule has 2 aromatic rings. The second-order valence-electron chi connectivity index (χ2n) is 6.50. The Kier molecular flexibility index (Phi) is 4.70. The first-order valence-electron chi connectivity index (χ1n) is 8.56. The summed E-state index contributed by atoms with van der Waals surface area (Å²) < 4.78 is 32.3. The van der Waals surface area contributed by atoms with Gasteiger partial charge < -0.3 is 10.3 Å².